The quantitative estimate of drug-likeness (QED) is 0.513. The topological polar surface area (TPSA) is 102 Å². The summed E-state index contributed by atoms with van der Waals surface area (Å²) in [5, 5.41) is 19.9. The number of nitrogens with zero attached hydrogens (tertiary/aromatic N) is 5. The summed E-state index contributed by atoms with van der Waals surface area (Å²) in [4.78, 5) is 35.0. The number of hydrogen-bond donors (Lipinski definition) is 1. The van der Waals surface area contributed by atoms with Crippen LogP contribution >= 0.6 is 11.6 Å². The highest BCUT2D eigenvalue weighted by molar-refractivity contribution is 6.31. The monoisotopic (exact) mass is 505 g/mol. The number of para-hydroxylation sites is 1. The van der Waals surface area contributed by atoms with Gasteiger partial charge in [0.05, 0.1) is 29.1 Å². The maximum absolute atomic E-state index is 14.1. The molecule has 1 aromatic heterocycles. The highest BCUT2D eigenvalue weighted by Crippen LogP contribution is 2.48. The smallest absolute Gasteiger partial charge is 0.253 e. The van der Waals surface area contributed by atoms with Crippen LogP contribution in [0, 0.1) is 11.3 Å². The summed E-state index contributed by atoms with van der Waals surface area (Å²) in [6, 6.07) is 15.4. The largest absolute Gasteiger partial charge is 0.381 e. The fourth-order valence-electron chi connectivity index (χ4n) is 5.50. The number of anilines is 1. The van der Waals surface area contributed by atoms with Crippen molar-refractivity contribution in [3.63, 3.8) is 0 Å². The molecule has 0 radical (unpaired) electrons. The first-order valence-corrected chi connectivity index (χ1v) is 12.5. The second-order valence-corrected chi connectivity index (χ2v) is 10.5. The number of carbonyl (C=O) groups excluding carboxylic acids is 2. The molecule has 2 aliphatic heterocycles. The lowest BCUT2D eigenvalue weighted by atomic mass is 9.81. The van der Waals surface area contributed by atoms with Crippen molar-refractivity contribution in [2.24, 2.45) is 0 Å². The molecule has 3 heterocycles. The molecule has 3 aromatic rings. The molecule has 0 aliphatic carbocycles. The molecule has 1 unspecified atom stereocenters. The van der Waals surface area contributed by atoms with Crippen molar-refractivity contribution in [1.82, 2.24) is 14.5 Å². The van der Waals surface area contributed by atoms with Crippen LogP contribution in [0.3, 0.4) is 0 Å². The van der Waals surface area contributed by atoms with E-state index >= 15 is 0 Å². The summed E-state index contributed by atoms with van der Waals surface area (Å²) in [6.07, 6.45) is 1.59. The molecule has 1 spiro atoms. The van der Waals surface area contributed by atoms with Gasteiger partial charge in [-0.25, -0.2) is 4.98 Å². The van der Waals surface area contributed by atoms with Gasteiger partial charge in [0.25, 0.3) is 5.91 Å². The Labute approximate surface area is 214 Å². The lowest BCUT2D eigenvalue weighted by molar-refractivity contribution is -0.147. The van der Waals surface area contributed by atoms with Crippen LogP contribution in [-0.2, 0) is 28.1 Å². The van der Waals surface area contributed by atoms with Gasteiger partial charge in [0.1, 0.15) is 11.4 Å². The molecule has 186 valence electrons. The molecule has 0 bridgehead atoms. The molecule has 36 heavy (non-hydrogen) atoms. The van der Waals surface area contributed by atoms with E-state index < -0.39 is 11.0 Å². The Morgan fingerprint density at radius 1 is 1.28 bits per heavy atom. The van der Waals surface area contributed by atoms with Gasteiger partial charge in [-0.3, -0.25) is 9.59 Å². The molecule has 1 N–H and O–H groups in total. The molecule has 0 saturated carbocycles. The molecule has 1 fully saturated rings. The first-order valence-electron chi connectivity index (χ1n) is 12.1. The lowest BCUT2D eigenvalue weighted by Gasteiger charge is -2.27. The van der Waals surface area contributed by atoms with Gasteiger partial charge in [-0.05, 0) is 56.5 Å². The number of benzene rings is 2. The molecule has 2 aliphatic rings. The number of aromatic nitrogens is 2. The molecule has 2 amide bonds. The average Bonchev–Trinajstić information content (AvgIpc) is 3.49. The number of fused-ring (bicyclic) bond motifs is 3. The number of likely N-dealkylation sites (tertiary alicyclic amines) is 1. The van der Waals surface area contributed by atoms with Crippen LogP contribution in [0.4, 0.5) is 5.69 Å². The third-order valence-corrected chi connectivity index (χ3v) is 7.44. The average molecular weight is 506 g/mol. The third-order valence-electron chi connectivity index (χ3n) is 7.20. The Hall–Kier alpha value is -3.41. The maximum Gasteiger partial charge on any atom is 0.253 e. The molecule has 9 heteroatoms. The second kappa shape index (κ2) is 8.91. The highest BCUT2D eigenvalue weighted by Gasteiger charge is 2.56. The van der Waals surface area contributed by atoms with Gasteiger partial charge in [0.15, 0.2) is 0 Å². The summed E-state index contributed by atoms with van der Waals surface area (Å²) in [6.45, 7) is 4.44. The standard InChI is InChI=1S/C27H28ClN5O3/c1-26(2,36)24(34)31-14-11-27(17-31)19-7-3-4-8-21(19)33(25(27)35)16-23-30-20-15-18(28)9-10-22(20)32(23)13-6-5-12-29/h3-4,7-10,15,36H,5-6,11,13-14,16-17H2,1-2H3. The van der Waals surface area contributed by atoms with Crippen LogP contribution in [0.2, 0.25) is 5.02 Å². The van der Waals surface area contributed by atoms with E-state index in [1.54, 1.807) is 15.9 Å². The van der Waals surface area contributed by atoms with Gasteiger partial charge < -0.3 is 19.5 Å². The number of carbonyl (C=O) groups is 2. The van der Waals surface area contributed by atoms with Crippen molar-refractivity contribution in [2.75, 3.05) is 18.0 Å². The van der Waals surface area contributed by atoms with Gasteiger partial charge in [-0.15, -0.1) is 0 Å². The van der Waals surface area contributed by atoms with Crippen LogP contribution in [0.5, 0.6) is 0 Å². The van der Waals surface area contributed by atoms with Gasteiger partial charge in [0.2, 0.25) is 5.91 Å². The van der Waals surface area contributed by atoms with E-state index in [2.05, 4.69) is 10.6 Å². The number of aliphatic hydroxyl groups is 1. The van der Waals surface area contributed by atoms with Crippen molar-refractivity contribution in [3.05, 3.63) is 58.9 Å². The molecule has 8 nitrogen and oxygen atoms in total. The first kappa shape index (κ1) is 24.3. The minimum Gasteiger partial charge on any atom is -0.381 e. The molecular formula is C27H28ClN5O3. The Kier molecular flexibility index (Phi) is 6.01. The number of amides is 2. The van der Waals surface area contributed by atoms with Crippen LogP contribution in [0.25, 0.3) is 11.0 Å². The van der Waals surface area contributed by atoms with E-state index in [-0.39, 0.29) is 24.9 Å². The van der Waals surface area contributed by atoms with Gasteiger partial charge >= 0.3 is 0 Å². The Balaban J connectivity index is 1.52. The second-order valence-electron chi connectivity index (χ2n) is 10.1. The predicted octanol–water partition coefficient (Wildman–Crippen LogP) is 3.78. The van der Waals surface area contributed by atoms with Crippen LogP contribution in [0.15, 0.2) is 42.5 Å². The number of hydrogen-bond acceptors (Lipinski definition) is 5. The zero-order chi connectivity index (χ0) is 25.7. The van der Waals surface area contributed by atoms with Crippen LogP contribution in [0.1, 0.15) is 44.5 Å². The minimum atomic E-state index is -1.50. The summed E-state index contributed by atoms with van der Waals surface area (Å²) >= 11 is 6.21. The number of aryl methyl sites for hydroxylation is 1. The van der Waals surface area contributed by atoms with E-state index in [0.29, 0.717) is 43.2 Å². The van der Waals surface area contributed by atoms with Gasteiger partial charge in [-0.2, -0.15) is 5.26 Å². The van der Waals surface area contributed by atoms with E-state index in [4.69, 9.17) is 21.8 Å². The lowest BCUT2D eigenvalue weighted by Crippen LogP contribution is -2.47. The van der Waals surface area contributed by atoms with Crippen molar-refractivity contribution in [2.45, 2.75) is 57.2 Å². The van der Waals surface area contributed by atoms with Crippen molar-refractivity contribution in [1.29, 1.82) is 5.26 Å². The van der Waals surface area contributed by atoms with Crippen molar-refractivity contribution in [3.8, 4) is 6.07 Å². The number of nitriles is 1. The Morgan fingerprint density at radius 2 is 2.06 bits per heavy atom. The maximum atomic E-state index is 14.1. The highest BCUT2D eigenvalue weighted by atomic mass is 35.5. The summed E-state index contributed by atoms with van der Waals surface area (Å²) in [7, 11) is 0. The van der Waals surface area contributed by atoms with E-state index in [1.807, 2.05) is 36.4 Å². The molecule has 2 aromatic carbocycles. The third kappa shape index (κ3) is 3.93. The number of rotatable bonds is 6. The van der Waals surface area contributed by atoms with E-state index in [9.17, 15) is 14.7 Å². The number of unbranched alkanes of at least 4 members (excludes halogenated alkanes) is 1. The molecule has 1 atom stereocenters. The van der Waals surface area contributed by atoms with Gasteiger partial charge in [-0.1, -0.05) is 29.8 Å². The summed E-state index contributed by atoms with van der Waals surface area (Å²) in [5.41, 5.74) is 1.02. The zero-order valence-corrected chi connectivity index (χ0v) is 21.1. The summed E-state index contributed by atoms with van der Waals surface area (Å²) in [5.74, 6) is 0.274. The Bertz CT molecular complexity index is 1400. The van der Waals surface area contributed by atoms with Crippen molar-refractivity contribution >= 4 is 40.1 Å². The molecular weight excluding hydrogens is 478 g/mol. The van der Waals surface area contributed by atoms with E-state index in [1.165, 1.54) is 13.8 Å². The fraction of sp³-hybridized carbons (Fsp3) is 0.407. The van der Waals surface area contributed by atoms with Crippen LogP contribution < -0.4 is 4.90 Å². The Morgan fingerprint density at radius 3 is 2.81 bits per heavy atom. The molecule has 5 rings (SSSR count). The predicted molar refractivity (Wildman–Crippen MR) is 136 cm³/mol. The fourth-order valence-corrected chi connectivity index (χ4v) is 5.67. The normalized spacial score (nSPS) is 19.4. The van der Waals surface area contributed by atoms with Crippen molar-refractivity contribution < 1.29 is 14.7 Å². The first-order chi connectivity index (χ1) is 17.2. The number of halogens is 1. The molecule has 1 saturated heterocycles. The summed E-state index contributed by atoms with van der Waals surface area (Å²) < 4.78 is 2.06. The minimum absolute atomic E-state index is 0.0663. The SMILES string of the molecule is CC(C)(O)C(=O)N1CCC2(C1)C(=O)N(Cc1nc3cc(Cl)ccc3n1CCCC#N)c1ccccc12. The van der Waals surface area contributed by atoms with Crippen LogP contribution in [-0.4, -0.2) is 50.1 Å². The van der Waals surface area contributed by atoms with Gasteiger partial charge in [0, 0.05) is 36.8 Å². The van der Waals surface area contributed by atoms with E-state index in [0.717, 1.165) is 22.3 Å². The number of imidazole rings is 1. The zero-order valence-electron chi connectivity index (χ0n) is 20.4.